The van der Waals surface area contributed by atoms with Crippen molar-refractivity contribution in [3.8, 4) is 0 Å². The first kappa shape index (κ1) is 17.4. The van der Waals surface area contributed by atoms with Crippen molar-refractivity contribution >= 4 is 34.1 Å². The summed E-state index contributed by atoms with van der Waals surface area (Å²) >= 11 is 6.10. The molecule has 0 spiro atoms. The van der Waals surface area contributed by atoms with Gasteiger partial charge in [0.1, 0.15) is 17.9 Å². The van der Waals surface area contributed by atoms with Gasteiger partial charge in [-0.3, -0.25) is 14.0 Å². The second-order valence-corrected chi connectivity index (χ2v) is 6.54. The second-order valence-electron chi connectivity index (χ2n) is 6.14. The van der Waals surface area contributed by atoms with E-state index in [1.54, 1.807) is 28.9 Å². The van der Waals surface area contributed by atoms with Crippen molar-refractivity contribution in [1.82, 2.24) is 19.5 Å². The minimum Gasteiger partial charge on any atom is -0.463 e. The zero-order valence-corrected chi connectivity index (χ0v) is 15.4. The van der Waals surface area contributed by atoms with E-state index in [1.165, 1.54) is 4.68 Å². The largest absolute Gasteiger partial charge is 0.463 e. The average molecular weight is 385 g/mol. The molecular formula is C19H17ClN4O3. The highest BCUT2D eigenvalue weighted by molar-refractivity contribution is 6.31. The van der Waals surface area contributed by atoms with Gasteiger partial charge in [0.2, 0.25) is 5.91 Å². The van der Waals surface area contributed by atoms with Gasteiger partial charge in [-0.15, -0.1) is 0 Å². The summed E-state index contributed by atoms with van der Waals surface area (Å²) < 4.78 is 8.36. The minimum absolute atomic E-state index is 0.167. The van der Waals surface area contributed by atoms with Gasteiger partial charge in [-0.2, -0.15) is 5.10 Å². The van der Waals surface area contributed by atoms with Crippen LogP contribution < -0.4 is 10.9 Å². The highest BCUT2D eigenvalue weighted by Crippen LogP contribution is 2.20. The minimum atomic E-state index is -0.341. The summed E-state index contributed by atoms with van der Waals surface area (Å²) in [6.07, 6.45) is 2.18. The van der Waals surface area contributed by atoms with Crippen molar-refractivity contribution in [2.75, 3.05) is 0 Å². The van der Waals surface area contributed by atoms with Gasteiger partial charge in [-0.25, -0.2) is 4.68 Å². The lowest BCUT2D eigenvalue weighted by atomic mass is 10.2. The van der Waals surface area contributed by atoms with Gasteiger partial charge < -0.3 is 9.73 Å². The summed E-state index contributed by atoms with van der Waals surface area (Å²) in [7, 11) is 0. The van der Waals surface area contributed by atoms with Crippen molar-refractivity contribution < 1.29 is 9.21 Å². The molecule has 0 saturated heterocycles. The van der Waals surface area contributed by atoms with E-state index in [0.29, 0.717) is 28.4 Å². The maximum Gasteiger partial charge on any atom is 0.291 e. The Morgan fingerprint density at radius 1 is 1.26 bits per heavy atom. The van der Waals surface area contributed by atoms with Gasteiger partial charge in [0.15, 0.2) is 5.58 Å². The number of halogens is 1. The molecule has 0 fully saturated rings. The van der Waals surface area contributed by atoms with Crippen LogP contribution in [-0.2, 0) is 24.3 Å². The van der Waals surface area contributed by atoms with Crippen LogP contribution in [0.15, 0.2) is 51.9 Å². The molecule has 138 valence electrons. The zero-order valence-electron chi connectivity index (χ0n) is 14.6. The summed E-state index contributed by atoms with van der Waals surface area (Å²) in [5.74, 6) is 0.367. The van der Waals surface area contributed by atoms with Gasteiger partial charge in [0.05, 0.1) is 11.8 Å². The number of hydrogen-bond donors (Lipinski definition) is 1. The smallest absolute Gasteiger partial charge is 0.291 e. The van der Waals surface area contributed by atoms with Crippen molar-refractivity contribution in [3.63, 3.8) is 0 Å². The lowest BCUT2D eigenvalue weighted by Crippen LogP contribution is -2.35. The number of benzene rings is 1. The Hall–Kier alpha value is -3.06. The number of nitrogens with zero attached hydrogens (tertiary/aromatic N) is 3. The number of aryl methyl sites for hydroxylation is 1. The second kappa shape index (κ2) is 6.92. The first-order valence-corrected chi connectivity index (χ1v) is 8.95. The quantitative estimate of drug-likeness (QED) is 0.573. The van der Waals surface area contributed by atoms with Gasteiger partial charge in [-0.05, 0) is 11.6 Å². The number of hydrogen-bond acceptors (Lipinski definition) is 4. The molecule has 1 amide bonds. The molecule has 0 aliphatic rings. The third-order valence-electron chi connectivity index (χ3n) is 4.41. The molecule has 4 rings (SSSR count). The first-order chi connectivity index (χ1) is 13.1. The van der Waals surface area contributed by atoms with Crippen molar-refractivity contribution in [2.45, 2.75) is 26.4 Å². The molecule has 0 saturated carbocycles. The molecule has 0 bridgehead atoms. The van der Waals surface area contributed by atoms with Crippen molar-refractivity contribution in [3.05, 3.63) is 69.4 Å². The van der Waals surface area contributed by atoms with E-state index in [9.17, 15) is 9.59 Å². The number of carbonyl (C=O) groups is 1. The molecule has 0 aliphatic carbocycles. The van der Waals surface area contributed by atoms with E-state index in [-0.39, 0.29) is 24.6 Å². The number of nitrogens with one attached hydrogen (secondary N) is 1. The van der Waals surface area contributed by atoms with E-state index >= 15 is 0 Å². The molecule has 0 radical (unpaired) electrons. The predicted molar refractivity (Wildman–Crippen MR) is 102 cm³/mol. The lowest BCUT2D eigenvalue weighted by molar-refractivity contribution is -0.122. The number of rotatable bonds is 5. The molecular weight excluding hydrogens is 368 g/mol. The van der Waals surface area contributed by atoms with Crippen LogP contribution in [-0.4, -0.2) is 20.1 Å². The fourth-order valence-corrected chi connectivity index (χ4v) is 3.29. The Balaban J connectivity index is 1.62. The molecule has 3 heterocycles. The third-order valence-corrected chi connectivity index (χ3v) is 4.78. The monoisotopic (exact) mass is 384 g/mol. The number of aromatic nitrogens is 3. The average Bonchev–Trinajstić information content (AvgIpc) is 3.25. The summed E-state index contributed by atoms with van der Waals surface area (Å²) in [5, 5.41) is 7.73. The molecule has 4 aromatic rings. The van der Waals surface area contributed by atoms with E-state index < -0.39 is 0 Å². The topological polar surface area (TPSA) is 81.5 Å². The first-order valence-electron chi connectivity index (χ1n) is 8.57. The summed E-state index contributed by atoms with van der Waals surface area (Å²) in [5.41, 5.74) is 2.32. The third kappa shape index (κ3) is 3.10. The molecule has 27 heavy (non-hydrogen) atoms. The summed E-state index contributed by atoms with van der Waals surface area (Å²) in [6, 6.07) is 10.7. The van der Waals surface area contributed by atoms with Crippen LogP contribution in [0.1, 0.15) is 18.3 Å². The van der Waals surface area contributed by atoms with Gasteiger partial charge in [0, 0.05) is 30.1 Å². The molecule has 1 aromatic carbocycles. The molecule has 0 unspecified atom stereocenters. The molecule has 0 aliphatic heterocycles. The van der Waals surface area contributed by atoms with Crippen molar-refractivity contribution in [2.24, 2.45) is 0 Å². The Morgan fingerprint density at radius 3 is 2.85 bits per heavy atom. The lowest BCUT2D eigenvalue weighted by Gasteiger charge is -2.10. The van der Waals surface area contributed by atoms with E-state index in [4.69, 9.17) is 16.0 Å². The SMILES string of the molecule is CCc1nn(CC(=O)NCc2ccccc2Cl)c(=O)c2cc3occc3n12. The molecule has 3 aromatic heterocycles. The highest BCUT2D eigenvalue weighted by atomic mass is 35.5. The maximum absolute atomic E-state index is 12.8. The molecule has 7 nitrogen and oxygen atoms in total. The van der Waals surface area contributed by atoms with Crippen LogP contribution in [0.25, 0.3) is 16.6 Å². The van der Waals surface area contributed by atoms with Crippen molar-refractivity contribution in [1.29, 1.82) is 0 Å². The van der Waals surface area contributed by atoms with E-state index in [2.05, 4.69) is 10.4 Å². The van der Waals surface area contributed by atoms with E-state index in [0.717, 1.165) is 11.1 Å². The highest BCUT2D eigenvalue weighted by Gasteiger charge is 2.16. The maximum atomic E-state index is 12.8. The number of fused-ring (bicyclic) bond motifs is 3. The zero-order chi connectivity index (χ0) is 19.0. The summed E-state index contributed by atoms with van der Waals surface area (Å²) in [4.78, 5) is 25.1. The summed E-state index contributed by atoms with van der Waals surface area (Å²) in [6.45, 7) is 2.06. The van der Waals surface area contributed by atoms with Gasteiger partial charge in [0.25, 0.3) is 5.56 Å². The van der Waals surface area contributed by atoms with Crippen LogP contribution in [0.3, 0.4) is 0 Å². The standard InChI is InChI=1S/C19H17ClN4O3/c1-2-17-22-23(11-18(25)21-10-12-5-3-4-6-13(12)20)19(26)15-9-16-14(24(15)17)7-8-27-16/h3-9H,2,10-11H2,1H3,(H,21,25). The fraction of sp³-hybridized carbons (Fsp3) is 0.211. The predicted octanol–water partition coefficient (Wildman–Crippen LogP) is 2.77. The molecule has 8 heteroatoms. The fourth-order valence-electron chi connectivity index (χ4n) is 3.09. The van der Waals surface area contributed by atoms with Crippen LogP contribution in [0.5, 0.6) is 0 Å². The number of carbonyl (C=O) groups excluding carboxylic acids is 1. The van der Waals surface area contributed by atoms with Crippen LogP contribution in [0, 0.1) is 0 Å². The van der Waals surface area contributed by atoms with Gasteiger partial charge in [-0.1, -0.05) is 36.7 Å². The molecule has 1 N–H and O–H groups in total. The molecule has 0 atom stereocenters. The Labute approximate surface area is 159 Å². The van der Waals surface area contributed by atoms with E-state index in [1.807, 2.05) is 25.1 Å². The van der Waals surface area contributed by atoms with Crippen LogP contribution >= 0.6 is 11.6 Å². The Bertz CT molecular complexity index is 1200. The van der Waals surface area contributed by atoms with Crippen LogP contribution in [0.4, 0.5) is 0 Å². The Morgan fingerprint density at radius 2 is 2.07 bits per heavy atom. The number of amides is 1. The van der Waals surface area contributed by atoms with Crippen LogP contribution in [0.2, 0.25) is 5.02 Å². The number of furan rings is 1. The van der Waals surface area contributed by atoms with Gasteiger partial charge >= 0.3 is 0 Å². The normalized spacial score (nSPS) is 11.3. The Kier molecular flexibility index (Phi) is 4.45.